The number of rotatable bonds is 6. The van der Waals surface area contributed by atoms with Crippen molar-refractivity contribution in [3.05, 3.63) is 30.1 Å². The molecule has 3 amide bonds. The Balaban J connectivity index is 1.84. The number of nitrogens with one attached hydrogen (secondary N) is 1. The van der Waals surface area contributed by atoms with E-state index in [-0.39, 0.29) is 30.5 Å². The van der Waals surface area contributed by atoms with Crippen LogP contribution in [0.15, 0.2) is 24.4 Å². The summed E-state index contributed by atoms with van der Waals surface area (Å²) in [6, 6.07) is 5.44. The standard InChI is InChI=1S/C18H26N4O4/c1-3-26-18(25)21-10-7-16(8-11-21)22(14(2)23)13-17(24)20-12-15-6-4-5-9-19-15/h4-6,9,16H,3,7-8,10-13H2,1-2H3,(H,20,24). The van der Waals surface area contributed by atoms with Gasteiger partial charge in [0.1, 0.15) is 0 Å². The molecule has 8 heteroatoms. The summed E-state index contributed by atoms with van der Waals surface area (Å²) >= 11 is 0. The lowest BCUT2D eigenvalue weighted by Gasteiger charge is -2.37. The van der Waals surface area contributed by atoms with Gasteiger partial charge >= 0.3 is 6.09 Å². The maximum atomic E-state index is 12.2. The van der Waals surface area contributed by atoms with Crippen LogP contribution in [-0.4, -0.2) is 65.0 Å². The number of piperidine rings is 1. The van der Waals surface area contributed by atoms with Gasteiger partial charge in [0.05, 0.1) is 25.4 Å². The first kappa shape index (κ1) is 19.7. The molecule has 8 nitrogen and oxygen atoms in total. The van der Waals surface area contributed by atoms with Crippen molar-refractivity contribution in [1.82, 2.24) is 20.1 Å². The molecule has 1 N–H and O–H groups in total. The van der Waals surface area contributed by atoms with Crippen molar-refractivity contribution in [2.45, 2.75) is 39.3 Å². The van der Waals surface area contributed by atoms with Crippen LogP contribution < -0.4 is 5.32 Å². The average Bonchev–Trinajstić information content (AvgIpc) is 2.65. The second-order valence-corrected chi connectivity index (χ2v) is 6.16. The molecule has 26 heavy (non-hydrogen) atoms. The van der Waals surface area contributed by atoms with Crippen LogP contribution in [0.4, 0.5) is 4.79 Å². The molecular weight excluding hydrogens is 336 g/mol. The van der Waals surface area contributed by atoms with Crippen molar-refractivity contribution in [3.8, 4) is 0 Å². The second kappa shape index (κ2) is 9.74. The number of carbonyl (C=O) groups is 3. The van der Waals surface area contributed by atoms with E-state index < -0.39 is 0 Å². The van der Waals surface area contributed by atoms with Crippen LogP contribution in [0.1, 0.15) is 32.4 Å². The highest BCUT2D eigenvalue weighted by Crippen LogP contribution is 2.17. The van der Waals surface area contributed by atoms with E-state index in [0.717, 1.165) is 5.69 Å². The highest BCUT2D eigenvalue weighted by Gasteiger charge is 2.29. The molecule has 142 valence electrons. The fraction of sp³-hybridized carbons (Fsp3) is 0.556. The van der Waals surface area contributed by atoms with E-state index in [2.05, 4.69) is 10.3 Å². The Morgan fingerprint density at radius 2 is 2.04 bits per heavy atom. The highest BCUT2D eigenvalue weighted by molar-refractivity contribution is 5.84. The van der Waals surface area contributed by atoms with Gasteiger partial charge in [-0.1, -0.05) is 6.07 Å². The smallest absolute Gasteiger partial charge is 0.409 e. The monoisotopic (exact) mass is 362 g/mol. The molecular formula is C18H26N4O4. The molecule has 1 aromatic rings. The molecule has 0 spiro atoms. The van der Waals surface area contributed by atoms with E-state index in [1.807, 2.05) is 18.2 Å². The number of aromatic nitrogens is 1. The number of carbonyl (C=O) groups excluding carboxylic acids is 3. The molecule has 1 aliphatic heterocycles. The van der Waals surface area contributed by atoms with Gasteiger partial charge in [-0.2, -0.15) is 0 Å². The fourth-order valence-electron chi connectivity index (χ4n) is 2.97. The number of amides is 3. The lowest BCUT2D eigenvalue weighted by molar-refractivity contribution is -0.137. The number of hydrogen-bond donors (Lipinski definition) is 1. The van der Waals surface area contributed by atoms with Crippen LogP contribution in [0.25, 0.3) is 0 Å². The molecule has 0 bridgehead atoms. The first-order chi connectivity index (χ1) is 12.5. The zero-order valence-corrected chi connectivity index (χ0v) is 15.3. The number of likely N-dealkylation sites (tertiary alicyclic amines) is 1. The van der Waals surface area contributed by atoms with Crippen LogP contribution >= 0.6 is 0 Å². The zero-order chi connectivity index (χ0) is 18.9. The summed E-state index contributed by atoms with van der Waals surface area (Å²) in [5.74, 6) is -0.369. The van der Waals surface area contributed by atoms with Crippen molar-refractivity contribution >= 4 is 17.9 Å². The summed E-state index contributed by atoms with van der Waals surface area (Å²) in [7, 11) is 0. The van der Waals surface area contributed by atoms with Gasteiger partial charge in [0.2, 0.25) is 11.8 Å². The van der Waals surface area contributed by atoms with Crippen molar-refractivity contribution in [1.29, 1.82) is 0 Å². The van der Waals surface area contributed by atoms with Crippen molar-refractivity contribution in [3.63, 3.8) is 0 Å². The Hall–Kier alpha value is -2.64. The third-order valence-electron chi connectivity index (χ3n) is 4.34. The summed E-state index contributed by atoms with van der Waals surface area (Å²) in [6.07, 6.45) is 2.60. The molecule has 0 aliphatic carbocycles. The SMILES string of the molecule is CCOC(=O)N1CCC(N(CC(=O)NCc2ccccn2)C(C)=O)CC1. The lowest BCUT2D eigenvalue weighted by atomic mass is 10.0. The number of hydrogen-bond acceptors (Lipinski definition) is 5. The van der Waals surface area contributed by atoms with Gasteiger partial charge in [0.15, 0.2) is 0 Å². The third kappa shape index (κ3) is 5.72. The first-order valence-corrected chi connectivity index (χ1v) is 8.86. The summed E-state index contributed by atoms with van der Waals surface area (Å²) in [4.78, 5) is 43.3. The highest BCUT2D eigenvalue weighted by atomic mass is 16.6. The molecule has 2 rings (SSSR count). The summed E-state index contributed by atoms with van der Waals surface area (Å²) in [5.41, 5.74) is 0.762. The lowest BCUT2D eigenvalue weighted by Crippen LogP contribution is -2.51. The Kier molecular flexibility index (Phi) is 7.37. The van der Waals surface area contributed by atoms with Crippen molar-refractivity contribution in [2.24, 2.45) is 0 Å². The Morgan fingerprint density at radius 3 is 2.62 bits per heavy atom. The summed E-state index contributed by atoms with van der Waals surface area (Å²) < 4.78 is 5.00. The number of pyridine rings is 1. The molecule has 0 atom stereocenters. The van der Waals surface area contributed by atoms with E-state index in [9.17, 15) is 14.4 Å². The maximum Gasteiger partial charge on any atom is 0.409 e. The third-order valence-corrected chi connectivity index (χ3v) is 4.34. The normalized spacial score (nSPS) is 14.6. The van der Waals surface area contributed by atoms with Crippen LogP contribution in [0.2, 0.25) is 0 Å². The van der Waals surface area contributed by atoms with Gasteiger partial charge in [0.25, 0.3) is 0 Å². The topological polar surface area (TPSA) is 91.8 Å². The average molecular weight is 362 g/mol. The second-order valence-electron chi connectivity index (χ2n) is 6.16. The van der Waals surface area contributed by atoms with Gasteiger partial charge in [-0.05, 0) is 31.9 Å². The largest absolute Gasteiger partial charge is 0.450 e. The van der Waals surface area contributed by atoms with Crippen molar-refractivity contribution < 1.29 is 19.1 Å². The minimum atomic E-state index is -0.326. The predicted molar refractivity (Wildman–Crippen MR) is 95.1 cm³/mol. The van der Waals surface area contributed by atoms with Gasteiger partial charge < -0.3 is 19.9 Å². The van der Waals surface area contributed by atoms with E-state index in [1.165, 1.54) is 6.92 Å². The number of nitrogens with zero attached hydrogens (tertiary/aromatic N) is 3. The molecule has 1 saturated heterocycles. The van der Waals surface area contributed by atoms with E-state index in [4.69, 9.17) is 4.74 Å². The molecule has 1 aromatic heterocycles. The quantitative estimate of drug-likeness (QED) is 0.820. The van der Waals surface area contributed by atoms with E-state index >= 15 is 0 Å². The summed E-state index contributed by atoms with van der Waals surface area (Å²) in [6.45, 7) is 4.94. The molecule has 2 heterocycles. The van der Waals surface area contributed by atoms with E-state index in [0.29, 0.717) is 39.1 Å². The van der Waals surface area contributed by atoms with Crippen LogP contribution in [0, 0.1) is 0 Å². The van der Waals surface area contributed by atoms with Crippen LogP contribution in [0.5, 0.6) is 0 Å². The molecule has 1 aliphatic rings. The molecule has 0 unspecified atom stereocenters. The predicted octanol–water partition coefficient (Wildman–Crippen LogP) is 1.17. The van der Waals surface area contributed by atoms with Crippen molar-refractivity contribution in [2.75, 3.05) is 26.2 Å². The maximum absolute atomic E-state index is 12.2. The Morgan fingerprint density at radius 1 is 1.31 bits per heavy atom. The molecule has 0 aromatic carbocycles. The summed E-state index contributed by atoms with van der Waals surface area (Å²) in [5, 5.41) is 2.79. The van der Waals surface area contributed by atoms with Crippen LogP contribution in [-0.2, 0) is 20.9 Å². The molecule has 1 fully saturated rings. The van der Waals surface area contributed by atoms with E-state index in [1.54, 1.807) is 22.9 Å². The van der Waals surface area contributed by atoms with Gasteiger partial charge in [-0.25, -0.2) is 4.79 Å². The van der Waals surface area contributed by atoms with Gasteiger partial charge in [-0.15, -0.1) is 0 Å². The first-order valence-electron chi connectivity index (χ1n) is 8.86. The minimum Gasteiger partial charge on any atom is -0.450 e. The molecule has 0 saturated carbocycles. The fourth-order valence-corrected chi connectivity index (χ4v) is 2.97. The van der Waals surface area contributed by atoms with Gasteiger partial charge in [-0.3, -0.25) is 14.6 Å². The number of ether oxygens (including phenoxy) is 1. The molecule has 0 radical (unpaired) electrons. The minimum absolute atomic E-state index is 0.00619. The Bertz CT molecular complexity index is 615. The Labute approximate surface area is 153 Å². The zero-order valence-electron chi connectivity index (χ0n) is 15.3. The van der Waals surface area contributed by atoms with Gasteiger partial charge in [0, 0.05) is 32.3 Å². The van der Waals surface area contributed by atoms with Crippen LogP contribution in [0.3, 0.4) is 0 Å².